The second kappa shape index (κ2) is 25.5. The van der Waals surface area contributed by atoms with Crippen LogP contribution >= 0.6 is 0 Å². The summed E-state index contributed by atoms with van der Waals surface area (Å²) in [5, 5.41) is 22.6. The van der Waals surface area contributed by atoms with Crippen LogP contribution < -0.4 is 5.32 Å². The van der Waals surface area contributed by atoms with E-state index in [2.05, 4.69) is 25.2 Å². The summed E-state index contributed by atoms with van der Waals surface area (Å²) in [6, 6.07) is -0.645. The Labute approximate surface area is 205 Å². The first kappa shape index (κ1) is 31.9. The van der Waals surface area contributed by atoms with Gasteiger partial charge in [-0.15, -0.1) is 0 Å². The molecule has 0 aromatic heterocycles. The smallest absolute Gasteiger partial charge is 0.220 e. The molecule has 0 saturated heterocycles. The molecule has 0 saturated carbocycles. The van der Waals surface area contributed by atoms with Crippen LogP contribution in [-0.2, 0) is 4.79 Å². The van der Waals surface area contributed by atoms with Crippen molar-refractivity contribution in [3.05, 3.63) is 24.3 Å². The Balaban J connectivity index is 3.80. The van der Waals surface area contributed by atoms with Gasteiger partial charge in [0.1, 0.15) is 0 Å². The van der Waals surface area contributed by atoms with Gasteiger partial charge in [-0.25, -0.2) is 0 Å². The van der Waals surface area contributed by atoms with E-state index in [0.29, 0.717) is 6.42 Å². The highest BCUT2D eigenvalue weighted by Gasteiger charge is 2.17. The molecule has 0 bridgehead atoms. The number of nitrogens with one attached hydrogen (secondary N) is 1. The van der Waals surface area contributed by atoms with Crippen molar-refractivity contribution in [1.82, 2.24) is 5.32 Å². The predicted molar refractivity (Wildman–Crippen MR) is 142 cm³/mol. The average molecular weight is 466 g/mol. The van der Waals surface area contributed by atoms with Crippen LogP contribution in [0.5, 0.6) is 0 Å². The van der Waals surface area contributed by atoms with Crippen molar-refractivity contribution in [3.63, 3.8) is 0 Å². The first-order valence-corrected chi connectivity index (χ1v) is 14.1. The molecule has 0 unspecified atom stereocenters. The normalized spacial score (nSPS) is 13.7. The van der Waals surface area contributed by atoms with Gasteiger partial charge in [0.2, 0.25) is 5.91 Å². The van der Waals surface area contributed by atoms with Gasteiger partial charge in [-0.3, -0.25) is 4.79 Å². The standard InChI is InChI=1S/C29H55NO3/c1-3-5-7-9-11-13-15-16-18-20-22-24-28(32)27(26-31)30-29(33)25-23-21-19-17-14-12-10-8-6-4-2/h18,20,22,24,27-28,31-32H,3-17,19,21,23,25-26H2,1-2H3,(H,30,33)/b20-18+,24-22+/t27-,28+/m0/s1. The second-order valence-electron chi connectivity index (χ2n) is 9.50. The summed E-state index contributed by atoms with van der Waals surface area (Å²) in [6.45, 7) is 4.22. The average Bonchev–Trinajstić information content (AvgIpc) is 2.82. The number of amides is 1. The molecule has 4 heteroatoms. The van der Waals surface area contributed by atoms with Crippen LogP contribution in [0, 0.1) is 0 Å². The highest BCUT2D eigenvalue weighted by Crippen LogP contribution is 2.11. The van der Waals surface area contributed by atoms with Crippen molar-refractivity contribution < 1.29 is 15.0 Å². The Hall–Kier alpha value is -1.13. The number of hydrogen-bond donors (Lipinski definition) is 3. The van der Waals surface area contributed by atoms with Gasteiger partial charge in [-0.1, -0.05) is 134 Å². The molecule has 0 heterocycles. The lowest BCUT2D eigenvalue weighted by Gasteiger charge is -2.19. The van der Waals surface area contributed by atoms with Crippen molar-refractivity contribution in [1.29, 1.82) is 0 Å². The third kappa shape index (κ3) is 22.4. The molecule has 0 spiro atoms. The number of unbranched alkanes of at least 4 members (excludes halogenated alkanes) is 16. The zero-order chi connectivity index (χ0) is 24.4. The topological polar surface area (TPSA) is 69.6 Å². The van der Waals surface area contributed by atoms with Crippen molar-refractivity contribution in [2.24, 2.45) is 0 Å². The molecule has 4 nitrogen and oxygen atoms in total. The third-order valence-electron chi connectivity index (χ3n) is 6.24. The summed E-state index contributed by atoms with van der Waals surface area (Å²) in [4.78, 5) is 12.1. The SMILES string of the molecule is CCCCCCCCC/C=C/C=C/[C@@H](O)[C@H](CO)NC(=O)CCCCCCCCCCCC. The van der Waals surface area contributed by atoms with Gasteiger partial charge >= 0.3 is 0 Å². The third-order valence-corrected chi connectivity index (χ3v) is 6.24. The molecule has 0 radical (unpaired) electrons. The van der Waals surface area contributed by atoms with Crippen molar-refractivity contribution >= 4 is 5.91 Å². The van der Waals surface area contributed by atoms with E-state index in [4.69, 9.17) is 0 Å². The van der Waals surface area contributed by atoms with E-state index in [1.54, 1.807) is 6.08 Å². The highest BCUT2D eigenvalue weighted by molar-refractivity contribution is 5.76. The van der Waals surface area contributed by atoms with E-state index in [-0.39, 0.29) is 12.5 Å². The Morgan fingerprint density at radius 3 is 1.73 bits per heavy atom. The highest BCUT2D eigenvalue weighted by atomic mass is 16.3. The molecule has 1 amide bonds. The number of aliphatic hydroxyl groups is 2. The molecule has 2 atom stereocenters. The van der Waals surface area contributed by atoms with E-state index >= 15 is 0 Å². The Kier molecular flexibility index (Phi) is 24.6. The van der Waals surface area contributed by atoms with Gasteiger partial charge in [-0.05, 0) is 19.3 Å². The number of carbonyl (C=O) groups is 1. The number of rotatable bonds is 24. The fourth-order valence-corrected chi connectivity index (χ4v) is 4.00. The minimum atomic E-state index is -0.880. The summed E-state index contributed by atoms with van der Waals surface area (Å²) >= 11 is 0. The fraction of sp³-hybridized carbons (Fsp3) is 0.828. The molecule has 0 aliphatic heterocycles. The number of allylic oxidation sites excluding steroid dienone is 3. The van der Waals surface area contributed by atoms with Crippen LogP contribution in [0.2, 0.25) is 0 Å². The quantitative estimate of drug-likeness (QED) is 0.103. The molecule has 0 aromatic carbocycles. The number of hydrogen-bond acceptors (Lipinski definition) is 3. The summed E-state index contributed by atoms with van der Waals surface area (Å²) in [7, 11) is 0. The summed E-state index contributed by atoms with van der Waals surface area (Å²) in [5.74, 6) is -0.0875. The van der Waals surface area contributed by atoms with E-state index in [9.17, 15) is 15.0 Å². The van der Waals surface area contributed by atoms with E-state index in [1.807, 2.05) is 12.2 Å². The minimum Gasteiger partial charge on any atom is -0.394 e. The van der Waals surface area contributed by atoms with Crippen LogP contribution in [0.3, 0.4) is 0 Å². The maximum atomic E-state index is 12.1. The summed E-state index contributed by atoms with van der Waals surface area (Å²) in [5.41, 5.74) is 0. The van der Waals surface area contributed by atoms with E-state index in [0.717, 1.165) is 19.3 Å². The van der Waals surface area contributed by atoms with Gasteiger partial charge in [-0.2, -0.15) is 0 Å². The Morgan fingerprint density at radius 2 is 1.21 bits per heavy atom. The molecule has 194 valence electrons. The van der Waals surface area contributed by atoms with Gasteiger partial charge in [0.25, 0.3) is 0 Å². The van der Waals surface area contributed by atoms with Crippen LogP contribution in [0.25, 0.3) is 0 Å². The monoisotopic (exact) mass is 465 g/mol. The molecule has 0 aromatic rings. The number of aliphatic hydroxyl groups excluding tert-OH is 2. The Bertz CT molecular complexity index is 475. The zero-order valence-electron chi connectivity index (χ0n) is 21.9. The molecule has 0 fully saturated rings. The first-order valence-electron chi connectivity index (χ1n) is 14.1. The molecule has 0 aliphatic rings. The lowest BCUT2D eigenvalue weighted by molar-refractivity contribution is -0.123. The second-order valence-corrected chi connectivity index (χ2v) is 9.50. The lowest BCUT2D eigenvalue weighted by atomic mass is 10.1. The molecule has 33 heavy (non-hydrogen) atoms. The van der Waals surface area contributed by atoms with Crippen LogP contribution in [0.1, 0.15) is 136 Å². The van der Waals surface area contributed by atoms with Gasteiger partial charge in [0.15, 0.2) is 0 Å². The summed E-state index contributed by atoms with van der Waals surface area (Å²) in [6.07, 6.45) is 29.6. The van der Waals surface area contributed by atoms with Crippen LogP contribution in [0.4, 0.5) is 0 Å². The minimum absolute atomic E-state index is 0.0875. The molecule has 0 aliphatic carbocycles. The van der Waals surface area contributed by atoms with Gasteiger partial charge in [0, 0.05) is 6.42 Å². The van der Waals surface area contributed by atoms with Gasteiger partial charge in [0.05, 0.1) is 18.8 Å². The maximum absolute atomic E-state index is 12.1. The first-order chi connectivity index (χ1) is 16.2. The molecular formula is C29H55NO3. The van der Waals surface area contributed by atoms with Gasteiger partial charge < -0.3 is 15.5 Å². The largest absolute Gasteiger partial charge is 0.394 e. The van der Waals surface area contributed by atoms with Crippen molar-refractivity contribution in [3.8, 4) is 0 Å². The predicted octanol–water partition coefficient (Wildman–Crippen LogP) is 7.39. The molecular weight excluding hydrogens is 410 g/mol. The number of carbonyl (C=O) groups excluding carboxylic acids is 1. The summed E-state index contributed by atoms with van der Waals surface area (Å²) < 4.78 is 0. The van der Waals surface area contributed by atoms with Crippen LogP contribution in [-0.4, -0.2) is 34.9 Å². The van der Waals surface area contributed by atoms with E-state index in [1.165, 1.54) is 96.3 Å². The Morgan fingerprint density at radius 1 is 0.727 bits per heavy atom. The van der Waals surface area contributed by atoms with E-state index < -0.39 is 12.1 Å². The van der Waals surface area contributed by atoms with Crippen molar-refractivity contribution in [2.45, 2.75) is 148 Å². The maximum Gasteiger partial charge on any atom is 0.220 e. The molecule has 3 N–H and O–H groups in total. The zero-order valence-corrected chi connectivity index (χ0v) is 21.9. The fourth-order valence-electron chi connectivity index (χ4n) is 4.00. The lowest BCUT2D eigenvalue weighted by Crippen LogP contribution is -2.45. The van der Waals surface area contributed by atoms with Crippen LogP contribution in [0.15, 0.2) is 24.3 Å². The molecule has 0 rings (SSSR count). The van der Waals surface area contributed by atoms with Crippen molar-refractivity contribution in [2.75, 3.05) is 6.61 Å².